The van der Waals surface area contributed by atoms with E-state index < -0.39 is 0 Å². The van der Waals surface area contributed by atoms with Crippen LogP contribution in [0.1, 0.15) is 55.8 Å². The van der Waals surface area contributed by atoms with Crippen LogP contribution in [0.15, 0.2) is 34.2 Å². The molecule has 3 N–H and O–H groups in total. The van der Waals surface area contributed by atoms with E-state index in [4.69, 9.17) is 0 Å². The predicted molar refractivity (Wildman–Crippen MR) is 113 cm³/mol. The van der Waals surface area contributed by atoms with Crippen LogP contribution in [0.25, 0.3) is 0 Å². The smallest absolute Gasteiger partial charge is 0.343 e. The number of aromatic amines is 1. The number of benzene rings is 1. The molecule has 3 rings (SSSR count). The first-order valence-corrected chi connectivity index (χ1v) is 11.0. The molecule has 1 heterocycles. The van der Waals surface area contributed by atoms with Crippen LogP contribution in [0.5, 0.6) is 0 Å². The first kappa shape index (κ1) is 21.2. The zero-order valence-corrected chi connectivity index (χ0v) is 17.4. The SMILES string of the molecule is CCCCn1c(SCC(=O)Nc2ccccc2C(=O)NC2CCCC2)n[nH]c1=O. The summed E-state index contributed by atoms with van der Waals surface area (Å²) >= 11 is 1.19. The molecule has 0 aliphatic heterocycles. The Morgan fingerprint density at radius 2 is 2.03 bits per heavy atom. The van der Waals surface area contributed by atoms with Gasteiger partial charge in [-0.15, -0.1) is 5.10 Å². The van der Waals surface area contributed by atoms with Gasteiger partial charge in [-0.2, -0.15) is 0 Å². The van der Waals surface area contributed by atoms with Gasteiger partial charge in [-0.3, -0.25) is 14.2 Å². The van der Waals surface area contributed by atoms with Crippen molar-refractivity contribution in [2.75, 3.05) is 11.1 Å². The van der Waals surface area contributed by atoms with Crippen LogP contribution >= 0.6 is 11.8 Å². The van der Waals surface area contributed by atoms with Crippen molar-refractivity contribution in [3.8, 4) is 0 Å². The van der Waals surface area contributed by atoms with Crippen molar-refractivity contribution in [2.45, 2.75) is 63.2 Å². The maximum Gasteiger partial charge on any atom is 0.343 e. The van der Waals surface area contributed by atoms with Gasteiger partial charge in [-0.1, -0.05) is 50.1 Å². The fourth-order valence-electron chi connectivity index (χ4n) is 3.37. The quantitative estimate of drug-likeness (QED) is 0.544. The van der Waals surface area contributed by atoms with Crippen molar-refractivity contribution >= 4 is 29.3 Å². The molecule has 1 aliphatic rings. The lowest BCUT2D eigenvalue weighted by Gasteiger charge is -2.15. The van der Waals surface area contributed by atoms with E-state index in [0.717, 1.165) is 38.5 Å². The molecule has 0 unspecified atom stereocenters. The Balaban J connectivity index is 1.60. The summed E-state index contributed by atoms with van der Waals surface area (Å²) in [4.78, 5) is 36.9. The van der Waals surface area contributed by atoms with E-state index in [1.807, 2.05) is 6.92 Å². The number of para-hydroxylation sites is 1. The molecule has 2 aromatic rings. The van der Waals surface area contributed by atoms with Crippen molar-refractivity contribution in [2.24, 2.45) is 0 Å². The summed E-state index contributed by atoms with van der Waals surface area (Å²) in [5, 5.41) is 12.8. The van der Waals surface area contributed by atoms with Crippen LogP contribution in [0.2, 0.25) is 0 Å². The molecule has 0 saturated heterocycles. The topological polar surface area (TPSA) is 109 Å². The first-order valence-electron chi connectivity index (χ1n) is 10.1. The van der Waals surface area contributed by atoms with E-state index in [-0.39, 0.29) is 29.3 Å². The molecule has 156 valence electrons. The maximum atomic E-state index is 12.6. The number of hydrogen-bond donors (Lipinski definition) is 3. The third kappa shape index (κ3) is 5.72. The predicted octanol–water partition coefficient (Wildman–Crippen LogP) is 2.77. The van der Waals surface area contributed by atoms with Gasteiger partial charge in [-0.25, -0.2) is 9.89 Å². The number of carbonyl (C=O) groups excluding carboxylic acids is 2. The molecular weight excluding hydrogens is 390 g/mol. The van der Waals surface area contributed by atoms with E-state index in [0.29, 0.717) is 23.0 Å². The highest BCUT2D eigenvalue weighted by Gasteiger charge is 2.20. The summed E-state index contributed by atoms with van der Waals surface area (Å²) in [7, 11) is 0. The van der Waals surface area contributed by atoms with Gasteiger partial charge in [-0.05, 0) is 31.4 Å². The summed E-state index contributed by atoms with van der Waals surface area (Å²) in [5.74, 6) is -0.329. The second kappa shape index (κ2) is 10.3. The molecule has 1 aromatic heterocycles. The van der Waals surface area contributed by atoms with E-state index in [1.54, 1.807) is 28.8 Å². The Kier molecular flexibility index (Phi) is 7.51. The molecule has 29 heavy (non-hydrogen) atoms. The molecule has 1 fully saturated rings. The average Bonchev–Trinajstić information content (AvgIpc) is 3.35. The molecule has 1 aliphatic carbocycles. The number of carbonyl (C=O) groups is 2. The van der Waals surface area contributed by atoms with E-state index in [1.165, 1.54) is 11.8 Å². The molecule has 0 spiro atoms. The lowest BCUT2D eigenvalue weighted by Crippen LogP contribution is -2.33. The lowest BCUT2D eigenvalue weighted by molar-refractivity contribution is -0.113. The summed E-state index contributed by atoms with van der Waals surface area (Å²) in [6, 6.07) is 7.21. The van der Waals surface area contributed by atoms with Gasteiger partial charge in [0.2, 0.25) is 5.91 Å². The number of H-pyrrole nitrogens is 1. The molecule has 0 atom stereocenters. The second-order valence-electron chi connectivity index (χ2n) is 7.15. The number of thioether (sulfide) groups is 1. The lowest BCUT2D eigenvalue weighted by atomic mass is 10.1. The Morgan fingerprint density at radius 1 is 1.28 bits per heavy atom. The molecule has 2 amide bonds. The summed E-state index contributed by atoms with van der Waals surface area (Å²) < 4.78 is 1.55. The fraction of sp³-hybridized carbons (Fsp3) is 0.500. The van der Waals surface area contributed by atoms with Crippen LogP contribution in [-0.4, -0.2) is 38.4 Å². The summed E-state index contributed by atoms with van der Waals surface area (Å²) in [5.41, 5.74) is 0.673. The Bertz CT molecular complexity index is 902. The standard InChI is InChI=1S/C20H27N5O3S/c1-2-3-12-25-19(28)23-24-20(25)29-13-17(26)22-16-11-7-6-10-15(16)18(27)21-14-8-4-5-9-14/h6-7,10-11,14H,2-5,8-9,12-13H2,1H3,(H,21,27)(H,22,26)(H,23,28). The minimum Gasteiger partial charge on any atom is -0.349 e. The molecular formula is C20H27N5O3S. The average molecular weight is 418 g/mol. The van der Waals surface area contributed by atoms with E-state index in [2.05, 4.69) is 20.8 Å². The number of aromatic nitrogens is 3. The van der Waals surface area contributed by atoms with E-state index in [9.17, 15) is 14.4 Å². The van der Waals surface area contributed by atoms with Gasteiger partial charge in [0, 0.05) is 12.6 Å². The molecule has 9 heteroatoms. The molecule has 0 radical (unpaired) electrons. The van der Waals surface area contributed by atoms with Gasteiger partial charge in [0.15, 0.2) is 5.16 Å². The van der Waals surface area contributed by atoms with Gasteiger partial charge >= 0.3 is 5.69 Å². The monoisotopic (exact) mass is 417 g/mol. The number of anilines is 1. The molecule has 0 bridgehead atoms. The minimum absolute atomic E-state index is 0.0923. The van der Waals surface area contributed by atoms with Crippen LogP contribution < -0.4 is 16.3 Å². The molecule has 1 aromatic carbocycles. The number of nitrogens with one attached hydrogen (secondary N) is 3. The van der Waals surface area contributed by atoms with Crippen molar-refractivity contribution in [1.82, 2.24) is 20.1 Å². The molecule has 1 saturated carbocycles. The van der Waals surface area contributed by atoms with Crippen LogP contribution in [0, 0.1) is 0 Å². The molecule has 8 nitrogen and oxygen atoms in total. The van der Waals surface area contributed by atoms with E-state index >= 15 is 0 Å². The summed E-state index contributed by atoms with van der Waals surface area (Å²) in [6.45, 7) is 2.62. The van der Waals surface area contributed by atoms with Crippen molar-refractivity contribution < 1.29 is 9.59 Å². The van der Waals surface area contributed by atoms with Crippen molar-refractivity contribution in [1.29, 1.82) is 0 Å². The third-order valence-corrected chi connectivity index (χ3v) is 5.90. The largest absolute Gasteiger partial charge is 0.349 e. The van der Waals surface area contributed by atoms with Crippen molar-refractivity contribution in [3.05, 3.63) is 40.3 Å². The third-order valence-electron chi connectivity index (χ3n) is 4.93. The zero-order valence-electron chi connectivity index (χ0n) is 16.6. The first-order chi connectivity index (χ1) is 14.1. The number of unbranched alkanes of at least 4 members (excludes halogenated alkanes) is 1. The summed E-state index contributed by atoms with van der Waals surface area (Å²) in [6.07, 6.45) is 6.10. The van der Waals surface area contributed by atoms with Gasteiger partial charge < -0.3 is 10.6 Å². The fourth-order valence-corrected chi connectivity index (χ4v) is 4.14. The maximum absolute atomic E-state index is 12.6. The van der Waals surface area contributed by atoms with Crippen molar-refractivity contribution in [3.63, 3.8) is 0 Å². The second-order valence-corrected chi connectivity index (χ2v) is 8.10. The number of hydrogen-bond acceptors (Lipinski definition) is 5. The highest BCUT2D eigenvalue weighted by molar-refractivity contribution is 7.99. The number of rotatable bonds is 9. The Morgan fingerprint density at radius 3 is 2.79 bits per heavy atom. The normalized spacial score (nSPS) is 14.1. The van der Waals surface area contributed by atoms with Crippen LogP contribution in [0.4, 0.5) is 5.69 Å². The van der Waals surface area contributed by atoms with Gasteiger partial charge in [0.1, 0.15) is 0 Å². The highest BCUT2D eigenvalue weighted by atomic mass is 32.2. The number of amides is 2. The number of nitrogens with zero attached hydrogens (tertiary/aromatic N) is 2. The highest BCUT2D eigenvalue weighted by Crippen LogP contribution is 2.21. The van der Waals surface area contributed by atoms with Crippen LogP contribution in [0.3, 0.4) is 0 Å². The zero-order chi connectivity index (χ0) is 20.6. The van der Waals surface area contributed by atoms with Gasteiger partial charge in [0.25, 0.3) is 5.91 Å². The Labute approximate surface area is 173 Å². The minimum atomic E-state index is -0.268. The van der Waals surface area contributed by atoms with Crippen LogP contribution in [-0.2, 0) is 11.3 Å². The Hall–Kier alpha value is -2.55. The van der Waals surface area contributed by atoms with Gasteiger partial charge in [0.05, 0.1) is 17.0 Å².